The van der Waals surface area contributed by atoms with Gasteiger partial charge >= 0.3 is 0 Å². The summed E-state index contributed by atoms with van der Waals surface area (Å²) in [5, 5.41) is 4.88. The van der Waals surface area contributed by atoms with Crippen molar-refractivity contribution in [1.82, 2.24) is 14.9 Å². The molecule has 0 fully saturated rings. The van der Waals surface area contributed by atoms with Crippen molar-refractivity contribution in [3.05, 3.63) is 106 Å². The number of aryl methyl sites for hydroxylation is 2. The number of H-pyrrole nitrogens is 1. The first-order chi connectivity index (χ1) is 15.0. The van der Waals surface area contributed by atoms with E-state index >= 15 is 0 Å². The predicted octanol–water partition coefficient (Wildman–Crippen LogP) is 4.94. The molecule has 4 aromatic rings. The number of rotatable bonds is 5. The molecular formula is C25H24N4OS. The van der Waals surface area contributed by atoms with E-state index in [1.165, 1.54) is 0 Å². The van der Waals surface area contributed by atoms with Crippen molar-refractivity contribution in [2.24, 2.45) is 0 Å². The molecule has 0 spiro atoms. The second-order valence-corrected chi connectivity index (χ2v) is 8.07. The second-order valence-electron chi connectivity index (χ2n) is 7.68. The lowest BCUT2D eigenvalue weighted by molar-refractivity contribution is 0.410. The molecule has 0 radical (unpaired) electrons. The zero-order valence-electron chi connectivity index (χ0n) is 17.6. The van der Waals surface area contributed by atoms with Crippen LogP contribution in [0.2, 0.25) is 0 Å². The fourth-order valence-corrected chi connectivity index (χ4v) is 3.84. The normalized spacial score (nSPS) is 10.8. The number of thiocarbonyl (C=S) groups is 1. The van der Waals surface area contributed by atoms with Crippen LogP contribution in [0.25, 0.3) is 10.9 Å². The Morgan fingerprint density at radius 1 is 1.06 bits per heavy atom. The van der Waals surface area contributed by atoms with Gasteiger partial charge in [0.25, 0.3) is 5.56 Å². The minimum absolute atomic E-state index is 0.101. The summed E-state index contributed by atoms with van der Waals surface area (Å²) in [7, 11) is 0. The van der Waals surface area contributed by atoms with Crippen LogP contribution in [0.5, 0.6) is 0 Å². The summed E-state index contributed by atoms with van der Waals surface area (Å²) in [6.07, 6.45) is 3.56. The number of para-hydroxylation sites is 1. The fraction of sp³-hybridized carbons (Fsp3) is 0.160. The molecule has 5 nitrogen and oxygen atoms in total. The van der Waals surface area contributed by atoms with Gasteiger partial charge in [-0.1, -0.05) is 36.4 Å². The predicted molar refractivity (Wildman–Crippen MR) is 130 cm³/mol. The molecule has 0 saturated carbocycles. The minimum atomic E-state index is -0.101. The maximum absolute atomic E-state index is 12.8. The van der Waals surface area contributed by atoms with Crippen molar-refractivity contribution in [2.45, 2.75) is 26.9 Å². The Morgan fingerprint density at radius 2 is 1.90 bits per heavy atom. The number of hydrogen-bond donors (Lipinski definition) is 2. The average Bonchev–Trinajstić information content (AvgIpc) is 2.75. The number of nitrogens with one attached hydrogen (secondary N) is 2. The highest BCUT2D eigenvalue weighted by atomic mass is 32.1. The summed E-state index contributed by atoms with van der Waals surface area (Å²) < 4.78 is 0. The van der Waals surface area contributed by atoms with Crippen LogP contribution in [0.15, 0.2) is 77.9 Å². The molecular weight excluding hydrogens is 404 g/mol. The molecule has 31 heavy (non-hydrogen) atoms. The summed E-state index contributed by atoms with van der Waals surface area (Å²) in [6, 6.07) is 19.9. The lowest BCUT2D eigenvalue weighted by Crippen LogP contribution is -2.35. The summed E-state index contributed by atoms with van der Waals surface area (Å²) in [5.41, 5.74) is 5.56. The highest BCUT2D eigenvalue weighted by Crippen LogP contribution is 2.18. The number of fused-ring (bicyclic) bond motifs is 1. The molecule has 0 aliphatic carbocycles. The van der Waals surface area contributed by atoms with Crippen molar-refractivity contribution < 1.29 is 0 Å². The van der Waals surface area contributed by atoms with E-state index in [2.05, 4.69) is 15.3 Å². The lowest BCUT2D eigenvalue weighted by Gasteiger charge is -2.26. The van der Waals surface area contributed by atoms with Crippen LogP contribution in [0.1, 0.15) is 22.3 Å². The molecule has 2 aromatic heterocycles. The van der Waals surface area contributed by atoms with Crippen LogP contribution in [-0.2, 0) is 13.1 Å². The van der Waals surface area contributed by atoms with Gasteiger partial charge in [-0.25, -0.2) is 0 Å². The largest absolute Gasteiger partial charge is 0.340 e. The van der Waals surface area contributed by atoms with Crippen molar-refractivity contribution in [1.29, 1.82) is 0 Å². The van der Waals surface area contributed by atoms with E-state index in [1.54, 1.807) is 6.20 Å². The van der Waals surface area contributed by atoms with E-state index in [9.17, 15) is 4.79 Å². The lowest BCUT2D eigenvalue weighted by atomic mass is 10.1. The van der Waals surface area contributed by atoms with E-state index < -0.39 is 0 Å². The number of aromatic amines is 1. The molecule has 0 amide bonds. The third kappa shape index (κ3) is 4.98. The summed E-state index contributed by atoms with van der Waals surface area (Å²) in [4.78, 5) is 22.1. The van der Waals surface area contributed by atoms with Gasteiger partial charge in [0, 0.05) is 30.2 Å². The van der Waals surface area contributed by atoms with Gasteiger partial charge < -0.3 is 15.2 Å². The Labute approximate surface area is 186 Å². The van der Waals surface area contributed by atoms with Crippen molar-refractivity contribution in [3.8, 4) is 0 Å². The van der Waals surface area contributed by atoms with Crippen LogP contribution < -0.4 is 10.9 Å². The minimum Gasteiger partial charge on any atom is -0.340 e. The maximum Gasteiger partial charge on any atom is 0.253 e. The van der Waals surface area contributed by atoms with E-state index in [0.717, 1.165) is 33.3 Å². The van der Waals surface area contributed by atoms with E-state index in [4.69, 9.17) is 12.2 Å². The smallest absolute Gasteiger partial charge is 0.253 e. The summed E-state index contributed by atoms with van der Waals surface area (Å²) in [6.45, 7) is 4.95. The zero-order chi connectivity index (χ0) is 21.8. The first-order valence-electron chi connectivity index (χ1n) is 10.1. The van der Waals surface area contributed by atoms with Crippen molar-refractivity contribution in [2.75, 3.05) is 5.32 Å². The first kappa shape index (κ1) is 20.8. The van der Waals surface area contributed by atoms with Crippen LogP contribution in [0.4, 0.5) is 5.69 Å². The zero-order valence-corrected chi connectivity index (χ0v) is 18.4. The van der Waals surface area contributed by atoms with Crippen LogP contribution >= 0.6 is 12.2 Å². The number of anilines is 1. The van der Waals surface area contributed by atoms with Gasteiger partial charge in [0.2, 0.25) is 0 Å². The second kappa shape index (κ2) is 9.10. The molecule has 2 N–H and O–H groups in total. The van der Waals surface area contributed by atoms with Crippen LogP contribution in [0.3, 0.4) is 0 Å². The molecule has 0 unspecified atom stereocenters. The Kier molecular flexibility index (Phi) is 6.09. The van der Waals surface area contributed by atoms with Gasteiger partial charge in [0.1, 0.15) is 0 Å². The SMILES string of the molecule is Cc1cccc(NC(=S)N(Cc2cccnc2)Cc2cc3cccc(C)c3[nH]c2=O)c1. The number of aromatic nitrogens is 2. The molecule has 156 valence electrons. The highest BCUT2D eigenvalue weighted by Gasteiger charge is 2.15. The standard InChI is InChI=1S/C25H24N4OS/c1-17-6-3-10-22(12-17)27-25(31)29(15-19-8-5-11-26-14-19)16-21-13-20-9-4-7-18(2)23(20)28-24(21)30/h3-14H,15-16H2,1-2H3,(H,27,31)(H,28,30). The van der Waals surface area contributed by atoms with Gasteiger partial charge in [0.15, 0.2) is 5.11 Å². The van der Waals surface area contributed by atoms with E-state index in [1.807, 2.05) is 85.6 Å². The van der Waals surface area contributed by atoms with Crippen LogP contribution in [0, 0.1) is 13.8 Å². The molecule has 0 saturated heterocycles. The number of hydrogen-bond acceptors (Lipinski definition) is 3. The molecule has 0 aliphatic rings. The van der Waals surface area contributed by atoms with Gasteiger partial charge in [0.05, 0.1) is 12.1 Å². The van der Waals surface area contributed by atoms with Gasteiger partial charge in [-0.2, -0.15) is 0 Å². The number of nitrogens with zero attached hydrogens (tertiary/aromatic N) is 2. The van der Waals surface area contributed by atoms with Gasteiger partial charge in [-0.3, -0.25) is 9.78 Å². The molecule has 0 atom stereocenters. The Morgan fingerprint density at radius 3 is 2.68 bits per heavy atom. The third-order valence-electron chi connectivity index (χ3n) is 5.18. The first-order valence-corrected chi connectivity index (χ1v) is 10.5. The summed E-state index contributed by atoms with van der Waals surface area (Å²) >= 11 is 5.74. The monoisotopic (exact) mass is 428 g/mol. The van der Waals surface area contributed by atoms with Crippen molar-refractivity contribution in [3.63, 3.8) is 0 Å². The maximum atomic E-state index is 12.8. The Hall–Kier alpha value is -3.51. The highest BCUT2D eigenvalue weighted by molar-refractivity contribution is 7.80. The number of benzene rings is 2. The molecule has 2 aromatic carbocycles. The fourth-order valence-electron chi connectivity index (χ4n) is 3.59. The molecule has 4 rings (SSSR count). The van der Waals surface area contributed by atoms with Crippen LogP contribution in [-0.4, -0.2) is 20.0 Å². The van der Waals surface area contributed by atoms with E-state index in [-0.39, 0.29) is 5.56 Å². The topological polar surface area (TPSA) is 61.0 Å². The van der Waals surface area contributed by atoms with Gasteiger partial charge in [-0.05, 0) is 72.4 Å². The molecule has 2 heterocycles. The molecule has 0 aliphatic heterocycles. The Bertz CT molecular complexity index is 1280. The third-order valence-corrected chi connectivity index (χ3v) is 5.54. The van der Waals surface area contributed by atoms with Crippen molar-refractivity contribution >= 4 is 33.9 Å². The average molecular weight is 429 g/mol. The quantitative estimate of drug-likeness (QED) is 0.441. The number of pyridine rings is 2. The summed E-state index contributed by atoms with van der Waals surface area (Å²) in [5.74, 6) is 0. The van der Waals surface area contributed by atoms with Gasteiger partial charge in [-0.15, -0.1) is 0 Å². The van der Waals surface area contributed by atoms with E-state index in [0.29, 0.717) is 23.8 Å². The Balaban J connectivity index is 1.65. The molecule has 0 bridgehead atoms. The molecule has 6 heteroatoms.